The van der Waals surface area contributed by atoms with Gasteiger partial charge in [0.15, 0.2) is 0 Å². The number of esters is 1. The van der Waals surface area contributed by atoms with Crippen molar-refractivity contribution < 1.29 is 26.7 Å². The summed E-state index contributed by atoms with van der Waals surface area (Å²) < 4.78 is 57.0. The molecule has 0 aliphatic carbocycles. The van der Waals surface area contributed by atoms with Crippen LogP contribution >= 0.6 is 15.9 Å². The molecule has 9 heteroatoms. The van der Waals surface area contributed by atoms with Gasteiger partial charge in [0.25, 0.3) is 0 Å². The number of aryl methyl sites for hydroxylation is 1. The Balaban J connectivity index is 2.24. The van der Waals surface area contributed by atoms with Crippen LogP contribution in [0.4, 0.5) is 8.78 Å². The Morgan fingerprint density at radius 1 is 1.15 bits per heavy atom. The molecule has 0 aromatic heterocycles. The minimum absolute atomic E-state index is 0.109. The molecule has 0 fully saturated rings. The predicted octanol–water partition coefficient (Wildman–Crippen LogP) is 3.15. The maximum Gasteiger partial charge on any atom is 0.339 e. The molecule has 1 aliphatic heterocycles. The molecule has 0 spiro atoms. The first-order valence-corrected chi connectivity index (χ1v) is 9.62. The standard InChI is InChI=1S/C17H12BrF2NO4S/c1-8-2-3-9(4-12(8)18)11-7-25-17(22)16(11)10-5-14(20)15(6-13(10)19)26(21,23)24/h2-6H,7H2,1H3,(H2,21,23,24). The Morgan fingerprint density at radius 2 is 1.85 bits per heavy atom. The summed E-state index contributed by atoms with van der Waals surface area (Å²) in [6.45, 7) is 1.77. The minimum Gasteiger partial charge on any atom is -0.457 e. The fraction of sp³-hybridized carbons (Fsp3) is 0.118. The molecule has 136 valence electrons. The van der Waals surface area contributed by atoms with Crippen LogP contribution in [0.1, 0.15) is 16.7 Å². The molecular weight excluding hydrogens is 432 g/mol. The zero-order chi connectivity index (χ0) is 19.2. The third kappa shape index (κ3) is 3.29. The van der Waals surface area contributed by atoms with Gasteiger partial charge < -0.3 is 4.74 Å². The number of benzene rings is 2. The molecule has 0 bridgehead atoms. The summed E-state index contributed by atoms with van der Waals surface area (Å²) in [5.41, 5.74) is 1.38. The molecule has 1 heterocycles. The van der Waals surface area contributed by atoms with E-state index >= 15 is 0 Å². The number of halogens is 3. The van der Waals surface area contributed by atoms with Gasteiger partial charge in [-0.15, -0.1) is 0 Å². The highest BCUT2D eigenvalue weighted by atomic mass is 79.9. The van der Waals surface area contributed by atoms with E-state index in [4.69, 9.17) is 9.88 Å². The van der Waals surface area contributed by atoms with E-state index in [-0.39, 0.29) is 17.7 Å². The lowest BCUT2D eigenvalue weighted by Gasteiger charge is -2.09. The lowest BCUT2D eigenvalue weighted by molar-refractivity contribution is -0.133. The van der Waals surface area contributed by atoms with Crippen molar-refractivity contribution in [2.24, 2.45) is 5.14 Å². The average molecular weight is 444 g/mol. The van der Waals surface area contributed by atoms with E-state index in [2.05, 4.69) is 15.9 Å². The number of carbonyl (C=O) groups excluding carboxylic acids is 1. The highest BCUT2D eigenvalue weighted by molar-refractivity contribution is 9.10. The number of primary sulfonamides is 1. The van der Waals surface area contributed by atoms with E-state index in [9.17, 15) is 22.0 Å². The second-order valence-corrected chi connectivity index (χ2v) is 8.09. The van der Waals surface area contributed by atoms with Crippen molar-refractivity contribution in [1.29, 1.82) is 0 Å². The first-order valence-electron chi connectivity index (χ1n) is 7.28. The van der Waals surface area contributed by atoms with Gasteiger partial charge in [0.2, 0.25) is 10.0 Å². The molecule has 0 radical (unpaired) electrons. The first-order chi connectivity index (χ1) is 12.1. The smallest absolute Gasteiger partial charge is 0.339 e. The molecule has 2 aromatic rings. The van der Waals surface area contributed by atoms with Crippen molar-refractivity contribution in [3.05, 3.63) is 63.1 Å². The predicted molar refractivity (Wildman–Crippen MR) is 94.4 cm³/mol. The van der Waals surface area contributed by atoms with Crippen LogP contribution in [0.2, 0.25) is 0 Å². The minimum atomic E-state index is -4.44. The lowest BCUT2D eigenvalue weighted by Crippen LogP contribution is -2.15. The molecule has 2 N–H and O–H groups in total. The van der Waals surface area contributed by atoms with Gasteiger partial charge in [-0.25, -0.2) is 27.1 Å². The monoisotopic (exact) mass is 443 g/mol. The summed E-state index contributed by atoms with van der Waals surface area (Å²) in [6.07, 6.45) is 0. The lowest BCUT2D eigenvalue weighted by atomic mass is 9.95. The van der Waals surface area contributed by atoms with Crippen molar-refractivity contribution in [3.8, 4) is 0 Å². The van der Waals surface area contributed by atoms with E-state index in [1.165, 1.54) is 0 Å². The molecule has 0 saturated carbocycles. The van der Waals surface area contributed by atoms with E-state index in [1.807, 2.05) is 6.92 Å². The Labute approximate surface area is 156 Å². The van der Waals surface area contributed by atoms with Crippen molar-refractivity contribution in [3.63, 3.8) is 0 Å². The van der Waals surface area contributed by atoms with Crippen LogP contribution in [0.5, 0.6) is 0 Å². The quantitative estimate of drug-likeness (QED) is 0.738. The van der Waals surface area contributed by atoms with Gasteiger partial charge in [-0.05, 0) is 36.2 Å². The zero-order valence-electron chi connectivity index (χ0n) is 13.3. The second-order valence-electron chi connectivity index (χ2n) is 5.70. The van der Waals surface area contributed by atoms with Crippen LogP contribution in [0.3, 0.4) is 0 Å². The molecule has 3 rings (SSSR count). The third-order valence-electron chi connectivity index (χ3n) is 3.97. The van der Waals surface area contributed by atoms with Crippen LogP contribution in [0, 0.1) is 18.6 Å². The number of rotatable bonds is 3. The van der Waals surface area contributed by atoms with Crippen molar-refractivity contribution in [2.45, 2.75) is 11.8 Å². The fourth-order valence-electron chi connectivity index (χ4n) is 2.62. The van der Waals surface area contributed by atoms with Crippen LogP contribution in [-0.2, 0) is 19.6 Å². The van der Waals surface area contributed by atoms with Crippen LogP contribution in [0.25, 0.3) is 11.1 Å². The van der Waals surface area contributed by atoms with Gasteiger partial charge in [0, 0.05) is 15.6 Å². The van der Waals surface area contributed by atoms with Gasteiger partial charge in [0.05, 0.1) is 5.57 Å². The summed E-state index contributed by atoms with van der Waals surface area (Å²) in [7, 11) is -4.44. The Bertz CT molecular complexity index is 1080. The number of sulfonamides is 1. The highest BCUT2D eigenvalue weighted by Gasteiger charge is 2.31. The zero-order valence-corrected chi connectivity index (χ0v) is 15.7. The molecule has 0 saturated heterocycles. The maximum absolute atomic E-state index is 14.5. The van der Waals surface area contributed by atoms with Gasteiger partial charge in [-0.2, -0.15) is 0 Å². The topological polar surface area (TPSA) is 86.5 Å². The van der Waals surface area contributed by atoms with Gasteiger partial charge in [-0.1, -0.05) is 28.1 Å². The summed E-state index contributed by atoms with van der Waals surface area (Å²) in [5.74, 6) is -3.16. The molecule has 0 amide bonds. The second kappa shape index (κ2) is 6.57. The van der Waals surface area contributed by atoms with Crippen molar-refractivity contribution >= 4 is 43.1 Å². The summed E-state index contributed by atoms with van der Waals surface area (Å²) >= 11 is 3.38. The summed E-state index contributed by atoms with van der Waals surface area (Å²) in [6, 6.07) is 6.36. The van der Waals surface area contributed by atoms with Gasteiger partial charge in [0.1, 0.15) is 23.1 Å². The Kier molecular flexibility index (Phi) is 4.72. The van der Waals surface area contributed by atoms with E-state index in [1.54, 1.807) is 18.2 Å². The molecule has 1 aliphatic rings. The molecule has 0 unspecified atom stereocenters. The Morgan fingerprint density at radius 3 is 2.46 bits per heavy atom. The molecule has 0 atom stereocenters. The van der Waals surface area contributed by atoms with Crippen LogP contribution in [0.15, 0.2) is 39.7 Å². The molecule has 26 heavy (non-hydrogen) atoms. The van der Waals surface area contributed by atoms with Gasteiger partial charge >= 0.3 is 5.97 Å². The number of hydrogen-bond donors (Lipinski definition) is 1. The number of carbonyl (C=O) groups is 1. The first kappa shape index (κ1) is 18.7. The van der Waals surface area contributed by atoms with E-state index < -0.39 is 32.5 Å². The number of hydrogen-bond acceptors (Lipinski definition) is 4. The largest absolute Gasteiger partial charge is 0.457 e. The number of ether oxygens (including phenoxy) is 1. The van der Waals surface area contributed by atoms with Crippen molar-refractivity contribution in [1.82, 2.24) is 0 Å². The summed E-state index contributed by atoms with van der Waals surface area (Å²) in [4.78, 5) is 11.2. The number of cyclic esters (lactones) is 1. The average Bonchev–Trinajstić information content (AvgIpc) is 2.92. The molecule has 2 aromatic carbocycles. The van der Waals surface area contributed by atoms with E-state index in [0.717, 1.165) is 10.0 Å². The third-order valence-corrected chi connectivity index (χ3v) is 5.75. The number of nitrogens with two attached hydrogens (primary N) is 1. The van der Waals surface area contributed by atoms with Crippen LogP contribution in [-0.4, -0.2) is 21.0 Å². The Hall–Kier alpha value is -2.10. The fourth-order valence-corrected chi connectivity index (χ4v) is 3.60. The maximum atomic E-state index is 14.5. The normalized spacial score (nSPS) is 14.7. The highest BCUT2D eigenvalue weighted by Crippen LogP contribution is 2.36. The molecular formula is C17H12BrF2NO4S. The summed E-state index contributed by atoms with van der Waals surface area (Å²) in [5, 5.41) is 4.86. The van der Waals surface area contributed by atoms with Crippen molar-refractivity contribution in [2.75, 3.05) is 6.61 Å². The molecule has 5 nitrogen and oxygen atoms in total. The van der Waals surface area contributed by atoms with Crippen LogP contribution < -0.4 is 5.14 Å². The van der Waals surface area contributed by atoms with Gasteiger partial charge in [-0.3, -0.25) is 0 Å². The van der Waals surface area contributed by atoms with E-state index in [0.29, 0.717) is 23.3 Å². The SMILES string of the molecule is Cc1ccc(C2=C(c3cc(F)c(S(N)(=O)=O)cc3F)C(=O)OC2)cc1Br.